The van der Waals surface area contributed by atoms with Crippen LogP contribution in [-0.2, 0) is 6.42 Å². The first kappa shape index (κ1) is 17.9. The summed E-state index contributed by atoms with van der Waals surface area (Å²) in [6.45, 7) is 4.41. The summed E-state index contributed by atoms with van der Waals surface area (Å²) in [6.07, 6.45) is 4.46. The summed E-state index contributed by atoms with van der Waals surface area (Å²) < 4.78 is 3.85. The maximum atomic E-state index is 13.7. The number of thiophene rings is 1. The summed E-state index contributed by atoms with van der Waals surface area (Å²) in [5, 5.41) is 10.6. The Balaban J connectivity index is 1.93. The van der Waals surface area contributed by atoms with Gasteiger partial charge in [0.05, 0.1) is 11.1 Å². The zero-order valence-electron chi connectivity index (χ0n) is 16.0. The molecular weight excluding hydrogens is 388 g/mol. The predicted octanol–water partition coefficient (Wildman–Crippen LogP) is 5.04. The van der Waals surface area contributed by atoms with Crippen molar-refractivity contribution in [1.82, 2.24) is 19.2 Å². The molecule has 0 spiro atoms. The van der Waals surface area contributed by atoms with E-state index in [1.165, 1.54) is 16.9 Å². The monoisotopic (exact) mass is 410 g/mol. The molecule has 3 aromatic heterocycles. The van der Waals surface area contributed by atoms with Gasteiger partial charge in [0, 0.05) is 10.6 Å². The van der Waals surface area contributed by atoms with Gasteiger partial charge in [0.1, 0.15) is 4.83 Å². The molecule has 0 fully saturated rings. The highest BCUT2D eigenvalue weighted by atomic mass is 32.2. The van der Waals surface area contributed by atoms with Gasteiger partial charge < -0.3 is 0 Å². The van der Waals surface area contributed by atoms with Gasteiger partial charge in [0.15, 0.2) is 5.16 Å². The van der Waals surface area contributed by atoms with E-state index in [4.69, 9.17) is 0 Å². The second kappa shape index (κ2) is 7.04. The molecule has 5 nitrogen and oxygen atoms in total. The number of fused-ring (bicyclic) bond motifs is 5. The lowest BCUT2D eigenvalue weighted by molar-refractivity contribution is 0.601. The van der Waals surface area contributed by atoms with Crippen molar-refractivity contribution in [2.24, 2.45) is 0 Å². The molecule has 0 radical (unpaired) electrons. The Kier molecular flexibility index (Phi) is 4.51. The summed E-state index contributed by atoms with van der Waals surface area (Å²) >= 11 is 3.47. The van der Waals surface area contributed by atoms with Crippen molar-refractivity contribution in [2.75, 3.05) is 5.75 Å². The molecule has 5 rings (SSSR count). The lowest BCUT2D eigenvalue weighted by Gasteiger charge is -2.18. The highest BCUT2D eigenvalue weighted by Gasteiger charge is 2.28. The van der Waals surface area contributed by atoms with Gasteiger partial charge in [-0.15, -0.1) is 21.5 Å². The molecule has 1 aliphatic rings. The van der Waals surface area contributed by atoms with Crippen LogP contribution in [0.4, 0.5) is 0 Å². The highest BCUT2D eigenvalue weighted by molar-refractivity contribution is 7.99. The van der Waals surface area contributed by atoms with Crippen LogP contribution >= 0.6 is 23.1 Å². The topological polar surface area (TPSA) is 52.2 Å². The van der Waals surface area contributed by atoms with Gasteiger partial charge in [-0.25, -0.2) is 8.97 Å². The summed E-state index contributed by atoms with van der Waals surface area (Å²) in [5.74, 6) is 2.00. The number of benzene rings is 1. The third-order valence-electron chi connectivity index (χ3n) is 5.42. The zero-order chi connectivity index (χ0) is 19.3. The Morgan fingerprint density at radius 3 is 2.86 bits per heavy atom. The van der Waals surface area contributed by atoms with E-state index in [9.17, 15) is 4.79 Å². The zero-order valence-corrected chi connectivity index (χ0v) is 17.6. The average Bonchev–Trinajstić information content (AvgIpc) is 3.29. The number of aryl methyl sites for hydroxylation is 1. The number of thioether (sulfide) groups is 1. The Morgan fingerprint density at radius 2 is 2.07 bits per heavy atom. The lowest BCUT2D eigenvalue weighted by Crippen LogP contribution is -2.22. The van der Waals surface area contributed by atoms with Gasteiger partial charge in [-0.1, -0.05) is 43.8 Å². The Hall–Kier alpha value is -2.12. The molecule has 28 heavy (non-hydrogen) atoms. The molecule has 3 heterocycles. The molecule has 0 aliphatic heterocycles. The molecule has 1 atom stereocenters. The largest absolute Gasteiger partial charge is 0.268 e. The van der Waals surface area contributed by atoms with E-state index in [1.54, 1.807) is 27.7 Å². The number of hydrogen-bond donors (Lipinski definition) is 0. The van der Waals surface area contributed by atoms with E-state index >= 15 is 0 Å². The fourth-order valence-corrected chi connectivity index (χ4v) is 6.44. The van der Waals surface area contributed by atoms with Crippen molar-refractivity contribution in [2.45, 2.75) is 50.6 Å². The van der Waals surface area contributed by atoms with E-state index in [0.29, 0.717) is 11.7 Å². The van der Waals surface area contributed by atoms with Gasteiger partial charge in [0.25, 0.3) is 5.56 Å². The normalized spacial score (nSPS) is 16.7. The van der Waals surface area contributed by atoms with Crippen molar-refractivity contribution in [3.8, 4) is 5.69 Å². The fourth-order valence-electron chi connectivity index (χ4n) is 4.15. The first-order chi connectivity index (χ1) is 13.7. The molecule has 1 aliphatic carbocycles. The fraction of sp³-hybridized carbons (Fsp3) is 0.381. The Labute approximate surface area is 171 Å². The maximum absolute atomic E-state index is 13.7. The third-order valence-corrected chi connectivity index (χ3v) is 7.81. The minimum atomic E-state index is 0.0272. The van der Waals surface area contributed by atoms with E-state index < -0.39 is 0 Å². The summed E-state index contributed by atoms with van der Waals surface area (Å²) in [4.78, 5) is 16.1. The van der Waals surface area contributed by atoms with E-state index in [1.807, 2.05) is 30.3 Å². The molecule has 1 unspecified atom stereocenters. The van der Waals surface area contributed by atoms with Crippen molar-refractivity contribution in [3.05, 3.63) is 51.1 Å². The van der Waals surface area contributed by atoms with E-state index in [2.05, 4.69) is 28.4 Å². The Bertz CT molecular complexity index is 1220. The molecule has 0 saturated carbocycles. The first-order valence-corrected chi connectivity index (χ1v) is 11.6. The first-order valence-electron chi connectivity index (χ1n) is 9.84. The quantitative estimate of drug-likeness (QED) is 0.443. The Morgan fingerprint density at radius 1 is 1.25 bits per heavy atom. The summed E-state index contributed by atoms with van der Waals surface area (Å²) in [6, 6.07) is 9.80. The van der Waals surface area contributed by atoms with Crippen LogP contribution in [0.2, 0.25) is 0 Å². The average molecular weight is 411 g/mol. The standard InChI is InChI=1S/C21H22N4OS2/c1-3-12-27-21-23-22-20-24(14-9-5-4-6-10-14)18(26)17-16-13(2)8-7-11-15(16)28-19(17)25(20)21/h4-6,9-10,13H,3,7-8,11-12H2,1-2H3. The molecule has 7 heteroatoms. The number of aromatic nitrogens is 4. The van der Waals surface area contributed by atoms with Crippen molar-refractivity contribution < 1.29 is 0 Å². The number of rotatable bonds is 4. The van der Waals surface area contributed by atoms with Crippen LogP contribution in [0.3, 0.4) is 0 Å². The van der Waals surface area contributed by atoms with Gasteiger partial charge in [-0.3, -0.25) is 4.79 Å². The van der Waals surface area contributed by atoms with Crippen LogP contribution in [-0.4, -0.2) is 24.9 Å². The number of hydrogen-bond acceptors (Lipinski definition) is 5. The minimum absolute atomic E-state index is 0.0272. The van der Waals surface area contributed by atoms with Crippen LogP contribution in [0.25, 0.3) is 21.7 Å². The highest BCUT2D eigenvalue weighted by Crippen LogP contribution is 2.41. The van der Waals surface area contributed by atoms with Crippen LogP contribution in [0.15, 0.2) is 40.3 Å². The van der Waals surface area contributed by atoms with Crippen molar-refractivity contribution >= 4 is 39.1 Å². The molecular formula is C21H22N4OS2. The summed E-state index contributed by atoms with van der Waals surface area (Å²) in [7, 11) is 0. The van der Waals surface area contributed by atoms with Crippen LogP contribution in [0, 0.1) is 0 Å². The van der Waals surface area contributed by atoms with Crippen molar-refractivity contribution in [3.63, 3.8) is 0 Å². The molecule has 4 aromatic rings. The van der Waals surface area contributed by atoms with Gasteiger partial charge in [-0.2, -0.15) is 0 Å². The van der Waals surface area contributed by atoms with E-state index in [0.717, 1.165) is 46.1 Å². The van der Waals surface area contributed by atoms with E-state index in [-0.39, 0.29) is 5.56 Å². The molecule has 0 amide bonds. The lowest BCUT2D eigenvalue weighted by atomic mass is 9.88. The molecule has 0 bridgehead atoms. The predicted molar refractivity (Wildman–Crippen MR) is 116 cm³/mol. The smallest absolute Gasteiger partial charge is 0.268 e. The maximum Gasteiger partial charge on any atom is 0.268 e. The number of para-hydroxylation sites is 1. The molecule has 0 N–H and O–H groups in total. The molecule has 1 aromatic carbocycles. The SMILES string of the molecule is CCCSc1nnc2n(-c3ccccc3)c(=O)c3c4c(sc3n12)CCCC4C. The van der Waals surface area contributed by atoms with Gasteiger partial charge in [0.2, 0.25) is 5.78 Å². The van der Waals surface area contributed by atoms with Gasteiger partial charge in [-0.05, 0) is 49.3 Å². The summed E-state index contributed by atoms with van der Waals surface area (Å²) in [5.41, 5.74) is 2.12. The van der Waals surface area contributed by atoms with Crippen LogP contribution in [0.5, 0.6) is 0 Å². The molecule has 144 valence electrons. The second-order valence-corrected chi connectivity index (χ2v) is 9.50. The number of nitrogens with zero attached hydrogens (tertiary/aromatic N) is 4. The van der Waals surface area contributed by atoms with Crippen molar-refractivity contribution in [1.29, 1.82) is 0 Å². The van der Waals surface area contributed by atoms with Crippen LogP contribution < -0.4 is 5.56 Å². The molecule has 0 saturated heterocycles. The van der Waals surface area contributed by atoms with Gasteiger partial charge >= 0.3 is 0 Å². The third kappa shape index (κ3) is 2.63. The second-order valence-electron chi connectivity index (χ2n) is 7.35. The van der Waals surface area contributed by atoms with Crippen LogP contribution in [0.1, 0.15) is 49.5 Å². The minimum Gasteiger partial charge on any atom is -0.268 e.